The molecule has 0 aliphatic carbocycles. The summed E-state index contributed by atoms with van der Waals surface area (Å²) in [4.78, 5) is 15.6. The van der Waals surface area contributed by atoms with Crippen molar-refractivity contribution >= 4 is 5.97 Å². The number of aromatic nitrogens is 2. The smallest absolute Gasteiger partial charge is 0.314 e. The molecule has 5 heteroatoms. The Morgan fingerprint density at radius 3 is 2.77 bits per heavy atom. The van der Waals surface area contributed by atoms with Crippen LogP contribution in [0.15, 0.2) is 42.6 Å². The summed E-state index contributed by atoms with van der Waals surface area (Å²) in [6.45, 7) is 3.19. The summed E-state index contributed by atoms with van der Waals surface area (Å²) in [5.74, 6) is -0.0222. The van der Waals surface area contributed by atoms with Gasteiger partial charge >= 0.3 is 5.97 Å². The van der Waals surface area contributed by atoms with Crippen molar-refractivity contribution in [1.29, 1.82) is 0 Å². The van der Waals surface area contributed by atoms with Crippen molar-refractivity contribution in [1.82, 2.24) is 14.7 Å². The Balaban J connectivity index is 1.64. The summed E-state index contributed by atoms with van der Waals surface area (Å²) in [6.07, 6.45) is 5.72. The molecule has 3 atom stereocenters. The molecular weight excluding hydrogens is 326 g/mol. The van der Waals surface area contributed by atoms with Crippen LogP contribution in [0.25, 0.3) is 0 Å². The highest BCUT2D eigenvalue weighted by Gasteiger charge is 2.60. The first-order valence-electron chi connectivity index (χ1n) is 9.58. The molecule has 1 aromatic heterocycles. The second-order valence-electron chi connectivity index (χ2n) is 7.61. The van der Waals surface area contributed by atoms with Crippen molar-refractivity contribution < 1.29 is 9.53 Å². The number of hydrogen-bond donors (Lipinski definition) is 0. The Morgan fingerprint density at radius 2 is 2.08 bits per heavy atom. The van der Waals surface area contributed by atoms with E-state index < -0.39 is 5.41 Å². The normalized spacial score (nSPS) is 27.8. The number of carbonyl (C=O) groups excluding carboxylic acids is 1. The van der Waals surface area contributed by atoms with Gasteiger partial charge in [-0.2, -0.15) is 5.10 Å². The number of fused-ring (bicyclic) bond motifs is 2. The lowest BCUT2D eigenvalue weighted by Crippen LogP contribution is -2.46. The fourth-order valence-corrected chi connectivity index (χ4v) is 5.01. The molecule has 0 N–H and O–H groups in total. The number of aryl methyl sites for hydroxylation is 1. The average molecular weight is 353 g/mol. The SMILES string of the molecule is CCOC(=O)[C@@]1(Cc2ccccc2)C[C@H]2CC[C@@H]1N2Cc1ccnn1C. The van der Waals surface area contributed by atoms with Crippen molar-refractivity contribution in [3.63, 3.8) is 0 Å². The van der Waals surface area contributed by atoms with Crippen LogP contribution in [-0.4, -0.2) is 39.3 Å². The molecule has 2 saturated heterocycles. The molecule has 1 aromatic carbocycles. The van der Waals surface area contributed by atoms with Crippen LogP contribution in [-0.2, 0) is 29.5 Å². The van der Waals surface area contributed by atoms with E-state index in [1.165, 1.54) is 17.7 Å². The highest BCUT2D eigenvalue weighted by molar-refractivity contribution is 5.79. The predicted octanol–water partition coefficient (Wildman–Crippen LogP) is 2.95. The van der Waals surface area contributed by atoms with Gasteiger partial charge in [-0.15, -0.1) is 0 Å². The molecule has 3 heterocycles. The second kappa shape index (κ2) is 6.88. The van der Waals surface area contributed by atoms with Crippen LogP contribution in [0.4, 0.5) is 0 Å². The summed E-state index contributed by atoms with van der Waals surface area (Å²) in [6, 6.07) is 13.1. The van der Waals surface area contributed by atoms with Crippen molar-refractivity contribution in [2.75, 3.05) is 6.61 Å². The highest BCUT2D eigenvalue weighted by Crippen LogP contribution is 2.52. The van der Waals surface area contributed by atoms with Crippen LogP contribution < -0.4 is 0 Å². The van der Waals surface area contributed by atoms with Crippen LogP contribution in [0.3, 0.4) is 0 Å². The van der Waals surface area contributed by atoms with Crippen LogP contribution >= 0.6 is 0 Å². The van der Waals surface area contributed by atoms with Gasteiger partial charge in [-0.1, -0.05) is 30.3 Å². The Kier molecular flexibility index (Phi) is 4.57. The third-order valence-corrected chi connectivity index (χ3v) is 6.19. The Labute approximate surface area is 154 Å². The van der Waals surface area contributed by atoms with Crippen molar-refractivity contribution in [3.05, 3.63) is 53.9 Å². The largest absolute Gasteiger partial charge is 0.466 e. The molecule has 5 nitrogen and oxygen atoms in total. The monoisotopic (exact) mass is 353 g/mol. The van der Waals surface area contributed by atoms with E-state index in [4.69, 9.17) is 4.74 Å². The lowest BCUT2D eigenvalue weighted by atomic mass is 9.70. The second-order valence-corrected chi connectivity index (χ2v) is 7.61. The van der Waals surface area contributed by atoms with Crippen LogP contribution in [0.2, 0.25) is 0 Å². The van der Waals surface area contributed by atoms with E-state index in [0.29, 0.717) is 12.6 Å². The van der Waals surface area contributed by atoms with Gasteiger partial charge in [-0.3, -0.25) is 14.4 Å². The molecule has 0 saturated carbocycles. The number of ether oxygens (including phenoxy) is 1. The van der Waals surface area contributed by atoms with E-state index >= 15 is 0 Å². The zero-order valence-electron chi connectivity index (χ0n) is 15.6. The summed E-state index contributed by atoms with van der Waals surface area (Å²) in [5.41, 5.74) is 1.98. The minimum Gasteiger partial charge on any atom is -0.466 e. The molecule has 0 radical (unpaired) electrons. The lowest BCUT2D eigenvalue weighted by molar-refractivity contribution is -0.157. The quantitative estimate of drug-likeness (QED) is 0.749. The molecule has 0 spiro atoms. The van der Waals surface area contributed by atoms with Gasteiger partial charge in [0, 0.05) is 31.9 Å². The minimum absolute atomic E-state index is 0.0222. The van der Waals surface area contributed by atoms with Gasteiger partial charge in [0.05, 0.1) is 17.7 Å². The molecule has 2 aliphatic heterocycles. The Bertz CT molecular complexity index is 773. The number of hydrogen-bond acceptors (Lipinski definition) is 4. The summed E-state index contributed by atoms with van der Waals surface area (Å²) < 4.78 is 7.51. The third-order valence-electron chi connectivity index (χ3n) is 6.19. The maximum Gasteiger partial charge on any atom is 0.314 e. The van der Waals surface area contributed by atoms with Gasteiger partial charge in [0.25, 0.3) is 0 Å². The van der Waals surface area contributed by atoms with Crippen LogP contribution in [0.5, 0.6) is 0 Å². The molecule has 2 aromatic rings. The van der Waals surface area contributed by atoms with E-state index in [1.54, 1.807) is 0 Å². The number of carbonyl (C=O) groups is 1. The van der Waals surface area contributed by atoms with Gasteiger partial charge in [0.2, 0.25) is 0 Å². The zero-order valence-corrected chi connectivity index (χ0v) is 15.6. The van der Waals surface area contributed by atoms with E-state index in [1.807, 2.05) is 30.9 Å². The molecule has 138 valence electrons. The maximum absolute atomic E-state index is 13.1. The zero-order chi connectivity index (χ0) is 18.1. The fourth-order valence-electron chi connectivity index (χ4n) is 5.01. The molecule has 0 amide bonds. The minimum atomic E-state index is -0.432. The van der Waals surface area contributed by atoms with Gasteiger partial charge in [-0.05, 0) is 44.2 Å². The van der Waals surface area contributed by atoms with E-state index in [-0.39, 0.29) is 12.0 Å². The van der Waals surface area contributed by atoms with E-state index in [0.717, 1.165) is 25.8 Å². The van der Waals surface area contributed by atoms with Crippen molar-refractivity contribution in [2.45, 2.75) is 51.2 Å². The Morgan fingerprint density at radius 1 is 1.27 bits per heavy atom. The Hall–Kier alpha value is -2.14. The number of benzene rings is 1. The third kappa shape index (κ3) is 2.84. The summed E-state index contributed by atoms with van der Waals surface area (Å²) in [5, 5.41) is 4.30. The molecule has 2 aliphatic rings. The molecule has 2 fully saturated rings. The van der Waals surface area contributed by atoms with Crippen LogP contribution in [0.1, 0.15) is 37.4 Å². The summed E-state index contributed by atoms with van der Waals surface area (Å²) in [7, 11) is 1.98. The van der Waals surface area contributed by atoms with Gasteiger partial charge < -0.3 is 4.74 Å². The number of rotatable bonds is 6. The maximum atomic E-state index is 13.1. The van der Waals surface area contributed by atoms with E-state index in [2.05, 4.69) is 40.3 Å². The topological polar surface area (TPSA) is 47.4 Å². The first-order chi connectivity index (χ1) is 12.6. The van der Waals surface area contributed by atoms with Gasteiger partial charge in [-0.25, -0.2) is 0 Å². The first-order valence-corrected chi connectivity index (χ1v) is 9.58. The predicted molar refractivity (Wildman–Crippen MR) is 99.4 cm³/mol. The number of esters is 1. The fraction of sp³-hybridized carbons (Fsp3) is 0.524. The molecular formula is C21H27N3O2. The van der Waals surface area contributed by atoms with Crippen LogP contribution in [0, 0.1) is 5.41 Å². The first kappa shape index (κ1) is 17.3. The van der Waals surface area contributed by atoms with Gasteiger partial charge in [0.1, 0.15) is 0 Å². The van der Waals surface area contributed by atoms with E-state index in [9.17, 15) is 4.79 Å². The summed E-state index contributed by atoms with van der Waals surface area (Å²) >= 11 is 0. The van der Waals surface area contributed by atoms with Crippen molar-refractivity contribution in [3.8, 4) is 0 Å². The van der Waals surface area contributed by atoms with Crippen molar-refractivity contribution in [2.24, 2.45) is 12.5 Å². The lowest BCUT2D eigenvalue weighted by Gasteiger charge is -2.35. The highest BCUT2D eigenvalue weighted by atomic mass is 16.5. The van der Waals surface area contributed by atoms with Gasteiger partial charge in [0.15, 0.2) is 0 Å². The molecule has 2 bridgehead atoms. The molecule has 4 rings (SSSR count). The molecule has 0 unspecified atom stereocenters. The standard InChI is InChI=1S/C21H27N3O2/c1-3-26-20(25)21(13-16-7-5-4-6-8-16)14-17-9-10-19(21)24(17)15-18-11-12-22-23(18)2/h4-8,11-12,17,19H,3,9-10,13-15H2,1-2H3/t17-,19+,21+/m1/s1. The average Bonchev–Trinajstić information content (AvgIpc) is 3.31. The number of nitrogens with zero attached hydrogens (tertiary/aromatic N) is 3. The molecule has 26 heavy (non-hydrogen) atoms.